The molecule has 1 atom stereocenters. The highest BCUT2D eigenvalue weighted by Gasteiger charge is 2.41. The van der Waals surface area contributed by atoms with E-state index in [1.807, 2.05) is 60.0 Å². The van der Waals surface area contributed by atoms with Crippen molar-refractivity contribution in [2.75, 3.05) is 19.1 Å². The maximum atomic E-state index is 10.1. The molecule has 76 valence electrons. The Bertz CT molecular complexity index is 351. The molecular weight excluding hydrogens is 178 g/mol. The lowest BCUT2D eigenvalue weighted by molar-refractivity contribution is -0.712. The highest BCUT2D eigenvalue weighted by molar-refractivity contribution is 5.30. The third-order valence-electron chi connectivity index (χ3n) is 2.87. The van der Waals surface area contributed by atoms with Gasteiger partial charge in [-0.2, -0.15) is 5.01 Å². The summed E-state index contributed by atoms with van der Waals surface area (Å²) >= 11 is 0. The molecule has 0 bridgehead atoms. The van der Waals surface area contributed by atoms with Gasteiger partial charge in [0, 0.05) is 13.1 Å². The van der Waals surface area contributed by atoms with Crippen LogP contribution in [0.2, 0.25) is 0 Å². The number of anilines is 1. The molecule has 1 aliphatic heterocycles. The van der Waals surface area contributed by atoms with Gasteiger partial charge in [0.25, 0.3) is 5.82 Å². The Hall–Kier alpha value is -1.13. The number of pyridine rings is 1. The number of fused-ring (bicyclic) bond motifs is 1. The fraction of sp³-hybridized carbons (Fsp3) is 0.500. The van der Waals surface area contributed by atoms with Gasteiger partial charge in [-0.1, -0.05) is 6.07 Å². The summed E-state index contributed by atoms with van der Waals surface area (Å²) in [4.78, 5) is 0. The highest BCUT2D eigenvalue weighted by atomic mass is 16.3. The third-order valence-corrected chi connectivity index (χ3v) is 2.87. The fourth-order valence-corrected chi connectivity index (χ4v) is 1.80. The fourth-order valence-electron chi connectivity index (χ4n) is 1.80. The third kappa shape index (κ3) is 1.27. The molecule has 2 rings (SSSR count). The first-order chi connectivity index (χ1) is 6.52. The van der Waals surface area contributed by atoms with Gasteiger partial charge in [0.1, 0.15) is 6.54 Å². The lowest BCUT2D eigenvalue weighted by Crippen LogP contribution is -2.66. The van der Waals surface area contributed by atoms with Crippen molar-refractivity contribution in [1.82, 2.24) is 5.01 Å². The van der Waals surface area contributed by atoms with Crippen LogP contribution in [0.3, 0.4) is 0 Å². The van der Waals surface area contributed by atoms with E-state index >= 15 is 0 Å². The van der Waals surface area contributed by atoms with E-state index in [2.05, 4.69) is 0 Å². The molecule has 0 aromatic carbocycles. The summed E-state index contributed by atoms with van der Waals surface area (Å²) in [5, 5.41) is 13.9. The Morgan fingerprint density at radius 3 is 2.86 bits per heavy atom. The normalized spacial score (nSPS) is 27.6. The minimum absolute atomic E-state index is 0.587. The molecule has 0 radical (unpaired) electrons. The molecule has 0 fully saturated rings. The lowest BCUT2D eigenvalue weighted by Gasteiger charge is -2.39. The van der Waals surface area contributed by atoms with Crippen molar-refractivity contribution >= 4 is 5.82 Å². The van der Waals surface area contributed by atoms with Gasteiger partial charge in [0.2, 0.25) is 0 Å². The summed E-state index contributed by atoms with van der Waals surface area (Å²) in [5.74, 6) is 1.08. The molecule has 1 aromatic heterocycles. The van der Waals surface area contributed by atoms with Crippen molar-refractivity contribution in [2.45, 2.75) is 19.2 Å². The first kappa shape index (κ1) is 9.43. The van der Waals surface area contributed by atoms with Crippen LogP contribution in [0.25, 0.3) is 0 Å². The lowest BCUT2D eigenvalue weighted by atomic mass is 10.2. The highest BCUT2D eigenvalue weighted by Crippen LogP contribution is 2.21. The minimum Gasteiger partial charge on any atom is -0.369 e. The molecule has 0 saturated carbocycles. The molecule has 1 unspecified atom stereocenters. The van der Waals surface area contributed by atoms with Crippen molar-refractivity contribution in [1.29, 1.82) is 0 Å². The van der Waals surface area contributed by atoms with Crippen LogP contribution in [0.5, 0.6) is 0 Å². The standard InChI is InChI=1S/C10H16N3O/c1-10(14)8-13-7-5-4-6-9(13)11(2)12(10)3/h4-7,14H,8H2,1-3H3/q+1. The van der Waals surface area contributed by atoms with E-state index in [-0.39, 0.29) is 0 Å². The molecule has 0 spiro atoms. The largest absolute Gasteiger partial charge is 0.369 e. The maximum Gasteiger partial charge on any atom is 0.295 e. The SMILES string of the molecule is CN1c2cccc[n+]2CC(C)(O)N1C. The molecule has 0 amide bonds. The second-order valence-electron chi connectivity index (χ2n) is 3.95. The molecule has 1 aromatic rings. The summed E-state index contributed by atoms with van der Waals surface area (Å²) in [5.41, 5.74) is -0.826. The Balaban J connectivity index is 2.48. The summed E-state index contributed by atoms with van der Waals surface area (Å²) in [6.07, 6.45) is 1.98. The van der Waals surface area contributed by atoms with Crippen LogP contribution in [0, 0.1) is 0 Å². The van der Waals surface area contributed by atoms with Gasteiger partial charge in [-0.3, -0.25) is 0 Å². The van der Waals surface area contributed by atoms with Crippen LogP contribution in [0.15, 0.2) is 24.4 Å². The molecule has 4 nitrogen and oxygen atoms in total. The molecule has 2 heterocycles. The Morgan fingerprint density at radius 2 is 2.14 bits per heavy atom. The zero-order valence-corrected chi connectivity index (χ0v) is 8.81. The van der Waals surface area contributed by atoms with E-state index in [4.69, 9.17) is 0 Å². The first-order valence-electron chi connectivity index (χ1n) is 4.71. The van der Waals surface area contributed by atoms with Crippen LogP contribution in [-0.4, -0.2) is 29.9 Å². The van der Waals surface area contributed by atoms with E-state index in [0.29, 0.717) is 6.54 Å². The van der Waals surface area contributed by atoms with E-state index in [0.717, 1.165) is 5.82 Å². The van der Waals surface area contributed by atoms with Gasteiger partial charge in [0.15, 0.2) is 5.72 Å². The van der Waals surface area contributed by atoms with Gasteiger partial charge in [-0.05, 0) is 13.0 Å². The molecule has 1 aliphatic rings. The number of aliphatic hydroxyl groups is 1. The van der Waals surface area contributed by atoms with E-state index < -0.39 is 5.72 Å². The van der Waals surface area contributed by atoms with E-state index in [1.54, 1.807) is 0 Å². The van der Waals surface area contributed by atoms with Crippen molar-refractivity contribution in [2.24, 2.45) is 0 Å². The smallest absolute Gasteiger partial charge is 0.295 e. The quantitative estimate of drug-likeness (QED) is 0.589. The average Bonchev–Trinajstić information content (AvgIpc) is 2.14. The number of nitrogens with zero attached hydrogens (tertiary/aromatic N) is 3. The second kappa shape index (κ2) is 2.93. The van der Waals surface area contributed by atoms with Crippen LogP contribution in [0.1, 0.15) is 6.92 Å². The molecule has 4 heteroatoms. The predicted molar refractivity (Wildman–Crippen MR) is 53.4 cm³/mol. The zero-order chi connectivity index (χ0) is 10.3. The molecule has 0 saturated heterocycles. The molecule has 1 N–H and O–H groups in total. The van der Waals surface area contributed by atoms with E-state index in [1.165, 1.54) is 0 Å². The van der Waals surface area contributed by atoms with Gasteiger partial charge in [0.05, 0.1) is 13.2 Å². The first-order valence-corrected chi connectivity index (χ1v) is 4.71. The topological polar surface area (TPSA) is 30.6 Å². The van der Waals surface area contributed by atoms with Crippen molar-refractivity contribution in [3.8, 4) is 0 Å². The summed E-state index contributed by atoms with van der Waals surface area (Å²) < 4.78 is 2.04. The summed E-state index contributed by atoms with van der Waals surface area (Å²) in [7, 11) is 3.83. The number of hydrogen-bond donors (Lipinski definition) is 1. The maximum absolute atomic E-state index is 10.1. The van der Waals surface area contributed by atoms with Crippen molar-refractivity contribution in [3.05, 3.63) is 24.4 Å². The van der Waals surface area contributed by atoms with Gasteiger partial charge in [-0.15, -0.1) is 5.01 Å². The summed E-state index contributed by atoms with van der Waals surface area (Å²) in [6, 6.07) is 6.00. The number of hydrazine groups is 1. The Kier molecular flexibility index (Phi) is 1.97. The van der Waals surface area contributed by atoms with Crippen molar-refractivity contribution < 1.29 is 9.67 Å². The molecule has 14 heavy (non-hydrogen) atoms. The number of hydrogen-bond acceptors (Lipinski definition) is 3. The van der Waals surface area contributed by atoms with Crippen LogP contribution in [-0.2, 0) is 6.54 Å². The van der Waals surface area contributed by atoms with Gasteiger partial charge in [-0.25, -0.2) is 4.57 Å². The molecular formula is C10H16N3O+. The number of likely N-dealkylation sites (N-methyl/N-ethyl adjacent to an activating group) is 1. The average molecular weight is 194 g/mol. The number of rotatable bonds is 0. The minimum atomic E-state index is -0.826. The van der Waals surface area contributed by atoms with E-state index in [9.17, 15) is 5.11 Å². The predicted octanol–water partition coefficient (Wildman–Crippen LogP) is -0.0208. The van der Waals surface area contributed by atoms with Crippen LogP contribution in [0.4, 0.5) is 5.82 Å². The zero-order valence-electron chi connectivity index (χ0n) is 8.81. The Labute approximate surface area is 84.0 Å². The van der Waals surface area contributed by atoms with Crippen LogP contribution >= 0.6 is 0 Å². The molecule has 0 aliphatic carbocycles. The van der Waals surface area contributed by atoms with Crippen molar-refractivity contribution in [3.63, 3.8) is 0 Å². The van der Waals surface area contributed by atoms with Gasteiger partial charge < -0.3 is 5.11 Å². The Morgan fingerprint density at radius 1 is 1.43 bits per heavy atom. The van der Waals surface area contributed by atoms with Gasteiger partial charge >= 0.3 is 0 Å². The second-order valence-corrected chi connectivity index (χ2v) is 3.95. The number of aromatic nitrogens is 1. The monoisotopic (exact) mass is 194 g/mol. The van der Waals surface area contributed by atoms with Crippen LogP contribution < -0.4 is 9.58 Å². The summed E-state index contributed by atoms with van der Waals surface area (Å²) in [6.45, 7) is 2.40.